The molecule has 2 N–H and O–H groups in total. The van der Waals surface area contributed by atoms with Gasteiger partial charge < -0.3 is 4.74 Å². The molecule has 19 heavy (non-hydrogen) atoms. The van der Waals surface area contributed by atoms with Gasteiger partial charge in [0.2, 0.25) is 0 Å². The van der Waals surface area contributed by atoms with Crippen molar-refractivity contribution < 1.29 is 17.9 Å². The van der Waals surface area contributed by atoms with Gasteiger partial charge in [-0.05, 0) is 12.0 Å². The van der Waals surface area contributed by atoms with Gasteiger partial charge in [0, 0.05) is 11.4 Å². The molecule has 0 aromatic heterocycles. The van der Waals surface area contributed by atoms with Gasteiger partial charge in [0.15, 0.2) is 0 Å². The standard InChI is InChI=1S/C11H15BrN2O4S/c1-18-11(15)14-19(16,17)13-10(8-12)7-9-5-3-2-4-6-9/h2-6,10,13H,7-8H2,1H3,(H,14,15). The summed E-state index contributed by atoms with van der Waals surface area (Å²) in [4.78, 5) is 10.9. The van der Waals surface area contributed by atoms with Crippen LogP contribution in [0.25, 0.3) is 0 Å². The highest BCUT2D eigenvalue weighted by atomic mass is 79.9. The van der Waals surface area contributed by atoms with Crippen molar-refractivity contribution in [3.8, 4) is 0 Å². The molecule has 0 saturated carbocycles. The third-order valence-corrected chi connectivity index (χ3v) is 4.10. The molecule has 8 heteroatoms. The quantitative estimate of drug-likeness (QED) is 0.754. The molecular formula is C11H15BrN2O4S. The lowest BCUT2D eigenvalue weighted by Crippen LogP contribution is -2.46. The van der Waals surface area contributed by atoms with Gasteiger partial charge in [0.05, 0.1) is 7.11 Å². The summed E-state index contributed by atoms with van der Waals surface area (Å²) in [6.07, 6.45) is -0.519. The zero-order valence-electron chi connectivity index (χ0n) is 10.3. The van der Waals surface area contributed by atoms with Gasteiger partial charge in [-0.1, -0.05) is 46.3 Å². The highest BCUT2D eigenvalue weighted by molar-refractivity contribution is 9.09. The summed E-state index contributed by atoms with van der Waals surface area (Å²) < 4.78 is 31.6. The molecule has 1 unspecified atom stereocenters. The number of hydrogen-bond acceptors (Lipinski definition) is 4. The second-order valence-electron chi connectivity index (χ2n) is 3.76. The molecule has 0 spiro atoms. The van der Waals surface area contributed by atoms with Crippen molar-refractivity contribution in [2.24, 2.45) is 0 Å². The minimum absolute atomic E-state index is 0.371. The number of amides is 1. The number of ether oxygens (including phenoxy) is 1. The zero-order valence-corrected chi connectivity index (χ0v) is 12.7. The van der Waals surface area contributed by atoms with Gasteiger partial charge in [0.25, 0.3) is 0 Å². The first kappa shape index (κ1) is 15.9. The predicted octanol–water partition coefficient (Wildman–Crippen LogP) is 1.18. The van der Waals surface area contributed by atoms with Gasteiger partial charge in [-0.25, -0.2) is 9.52 Å². The zero-order chi connectivity index (χ0) is 14.3. The number of halogens is 1. The maximum absolute atomic E-state index is 11.6. The Hall–Kier alpha value is -1.12. The van der Waals surface area contributed by atoms with Crippen molar-refractivity contribution in [2.45, 2.75) is 12.5 Å². The van der Waals surface area contributed by atoms with Crippen LogP contribution in [-0.2, 0) is 21.4 Å². The molecule has 1 aromatic carbocycles. The highest BCUT2D eigenvalue weighted by Gasteiger charge is 2.19. The molecule has 1 rings (SSSR count). The fourth-order valence-electron chi connectivity index (χ4n) is 1.43. The second-order valence-corrected chi connectivity index (χ2v) is 5.85. The van der Waals surface area contributed by atoms with Crippen molar-refractivity contribution in [3.63, 3.8) is 0 Å². The lowest BCUT2D eigenvalue weighted by Gasteiger charge is -2.16. The molecule has 0 aliphatic rings. The average Bonchev–Trinajstić information content (AvgIpc) is 2.38. The summed E-state index contributed by atoms with van der Waals surface area (Å²) in [6, 6.07) is 9.07. The molecule has 1 aromatic rings. The van der Waals surface area contributed by atoms with Crippen LogP contribution in [0.4, 0.5) is 4.79 Å². The van der Waals surface area contributed by atoms with Gasteiger partial charge in [-0.15, -0.1) is 0 Å². The van der Waals surface area contributed by atoms with Crippen LogP contribution in [0.15, 0.2) is 30.3 Å². The van der Waals surface area contributed by atoms with E-state index in [0.29, 0.717) is 11.8 Å². The number of benzene rings is 1. The number of hydrogen-bond donors (Lipinski definition) is 2. The molecule has 1 atom stereocenters. The molecule has 0 aliphatic carbocycles. The minimum atomic E-state index is -3.93. The summed E-state index contributed by atoms with van der Waals surface area (Å²) >= 11 is 3.24. The number of carbonyl (C=O) groups is 1. The van der Waals surface area contributed by atoms with Crippen LogP contribution in [-0.4, -0.2) is 33.0 Å². The maximum Gasteiger partial charge on any atom is 0.421 e. The average molecular weight is 351 g/mol. The first-order chi connectivity index (χ1) is 8.96. The minimum Gasteiger partial charge on any atom is -0.452 e. The number of alkyl halides is 1. The van der Waals surface area contributed by atoms with E-state index < -0.39 is 16.3 Å². The smallest absolute Gasteiger partial charge is 0.421 e. The Bertz CT molecular complexity index is 507. The van der Waals surface area contributed by atoms with E-state index in [1.54, 1.807) is 4.72 Å². The largest absolute Gasteiger partial charge is 0.452 e. The molecule has 0 bridgehead atoms. The van der Waals surface area contributed by atoms with Gasteiger partial charge in [-0.3, -0.25) is 0 Å². The van der Waals surface area contributed by atoms with E-state index >= 15 is 0 Å². The Kier molecular flexibility index (Phi) is 6.26. The highest BCUT2D eigenvalue weighted by Crippen LogP contribution is 2.06. The summed E-state index contributed by atoms with van der Waals surface area (Å²) in [6.45, 7) is 0. The van der Waals surface area contributed by atoms with E-state index in [0.717, 1.165) is 12.7 Å². The lowest BCUT2D eigenvalue weighted by atomic mass is 10.1. The number of rotatable bonds is 6. The molecule has 106 valence electrons. The van der Waals surface area contributed by atoms with E-state index in [-0.39, 0.29) is 6.04 Å². The fourth-order valence-corrected chi connectivity index (χ4v) is 3.00. The number of methoxy groups -OCH3 is 1. The van der Waals surface area contributed by atoms with Gasteiger partial charge >= 0.3 is 16.3 Å². The molecular weight excluding hydrogens is 336 g/mol. The number of carbonyl (C=O) groups excluding carboxylic acids is 1. The van der Waals surface area contributed by atoms with E-state index in [2.05, 4.69) is 25.4 Å². The second kappa shape index (κ2) is 7.46. The summed E-state index contributed by atoms with van der Waals surface area (Å²) in [5, 5.41) is 0.421. The molecule has 1 amide bonds. The first-order valence-corrected chi connectivity index (χ1v) is 8.05. The van der Waals surface area contributed by atoms with Crippen LogP contribution >= 0.6 is 15.9 Å². The maximum atomic E-state index is 11.6. The Morgan fingerprint density at radius 3 is 2.53 bits per heavy atom. The van der Waals surface area contributed by atoms with Gasteiger partial charge in [-0.2, -0.15) is 13.1 Å². The van der Waals surface area contributed by atoms with Gasteiger partial charge in [0.1, 0.15) is 0 Å². The van der Waals surface area contributed by atoms with Crippen LogP contribution in [0.2, 0.25) is 0 Å². The molecule has 0 heterocycles. The third-order valence-electron chi connectivity index (χ3n) is 2.24. The van der Waals surface area contributed by atoms with Crippen molar-refractivity contribution in [2.75, 3.05) is 12.4 Å². The first-order valence-electron chi connectivity index (χ1n) is 5.44. The van der Waals surface area contributed by atoms with Crippen LogP contribution in [0.1, 0.15) is 5.56 Å². The fraction of sp³-hybridized carbons (Fsp3) is 0.364. The Morgan fingerprint density at radius 1 is 1.37 bits per heavy atom. The predicted molar refractivity (Wildman–Crippen MR) is 75.3 cm³/mol. The molecule has 6 nitrogen and oxygen atoms in total. The van der Waals surface area contributed by atoms with E-state index in [9.17, 15) is 13.2 Å². The molecule has 0 saturated heterocycles. The monoisotopic (exact) mass is 350 g/mol. The van der Waals surface area contributed by atoms with Crippen LogP contribution in [0.5, 0.6) is 0 Å². The van der Waals surface area contributed by atoms with Crippen molar-refractivity contribution in [1.82, 2.24) is 9.44 Å². The van der Waals surface area contributed by atoms with Crippen LogP contribution in [0, 0.1) is 0 Å². The lowest BCUT2D eigenvalue weighted by molar-refractivity contribution is 0.177. The topological polar surface area (TPSA) is 84.5 Å². The Balaban J connectivity index is 2.64. The number of nitrogens with one attached hydrogen (secondary N) is 2. The van der Waals surface area contributed by atoms with E-state index in [1.165, 1.54) is 0 Å². The molecule has 0 radical (unpaired) electrons. The molecule has 0 fully saturated rings. The van der Waals surface area contributed by atoms with Crippen molar-refractivity contribution >= 4 is 32.2 Å². The normalized spacial score (nSPS) is 12.7. The van der Waals surface area contributed by atoms with Crippen molar-refractivity contribution in [3.05, 3.63) is 35.9 Å². The summed E-state index contributed by atoms with van der Waals surface area (Å²) in [5.74, 6) is 0. The summed E-state index contributed by atoms with van der Waals surface area (Å²) in [7, 11) is -2.83. The van der Waals surface area contributed by atoms with Crippen LogP contribution in [0.3, 0.4) is 0 Å². The third kappa shape index (κ3) is 6.04. The van der Waals surface area contributed by atoms with Crippen molar-refractivity contribution in [1.29, 1.82) is 0 Å². The Morgan fingerprint density at radius 2 is 2.00 bits per heavy atom. The van der Waals surface area contributed by atoms with E-state index in [1.807, 2.05) is 30.3 Å². The van der Waals surface area contributed by atoms with Crippen LogP contribution < -0.4 is 9.44 Å². The van der Waals surface area contributed by atoms with E-state index in [4.69, 9.17) is 0 Å². The Labute approximate surface area is 120 Å². The molecule has 0 aliphatic heterocycles. The summed E-state index contributed by atoms with van der Waals surface area (Å²) in [5.41, 5.74) is 0.993. The SMILES string of the molecule is COC(=O)NS(=O)(=O)NC(CBr)Cc1ccccc1.